The molecule has 1 amide bonds. The van der Waals surface area contributed by atoms with Gasteiger partial charge in [-0.05, 0) is 37.7 Å². The average Bonchev–Trinajstić information content (AvgIpc) is 2.62. The van der Waals surface area contributed by atoms with Gasteiger partial charge in [-0.15, -0.1) is 18.2 Å². The van der Waals surface area contributed by atoms with Crippen LogP contribution >= 0.6 is 11.8 Å². The van der Waals surface area contributed by atoms with Gasteiger partial charge in [0.05, 0.1) is 11.6 Å². The largest absolute Gasteiger partial charge is 0.467 e. The molecule has 1 heterocycles. The first-order chi connectivity index (χ1) is 12.5. The van der Waals surface area contributed by atoms with E-state index < -0.39 is 22.7 Å². The second-order valence-electron chi connectivity index (χ2n) is 6.07. The Morgan fingerprint density at radius 1 is 1.50 bits per heavy atom. The maximum Gasteiger partial charge on any atom is 0.272 e. The summed E-state index contributed by atoms with van der Waals surface area (Å²) in [6.45, 7) is 0. The molecule has 3 rings (SSSR count). The Balaban J connectivity index is 1.83. The predicted molar refractivity (Wildman–Crippen MR) is 97.9 cm³/mol. The molecule has 1 atom stereocenters. The summed E-state index contributed by atoms with van der Waals surface area (Å²) in [5, 5.41) is 12.6. The van der Waals surface area contributed by atoms with Gasteiger partial charge < -0.3 is 10.1 Å². The second kappa shape index (κ2) is 7.23. The van der Waals surface area contributed by atoms with Crippen LogP contribution in [0.3, 0.4) is 0 Å². The van der Waals surface area contributed by atoms with Gasteiger partial charge in [0.15, 0.2) is 11.6 Å². The highest BCUT2D eigenvalue weighted by atomic mass is 32.2. The predicted octanol–water partition coefficient (Wildman–Crippen LogP) is 2.99. The molecule has 0 spiro atoms. The summed E-state index contributed by atoms with van der Waals surface area (Å²) in [7, 11) is 0. The number of amides is 1. The summed E-state index contributed by atoms with van der Waals surface area (Å²) in [5.74, 6) is 1.33. The van der Waals surface area contributed by atoms with Gasteiger partial charge in [0.2, 0.25) is 5.44 Å². The summed E-state index contributed by atoms with van der Waals surface area (Å²) < 4.78 is 19.9. The number of halogens is 1. The molecule has 1 unspecified atom stereocenters. The van der Waals surface area contributed by atoms with E-state index in [1.54, 1.807) is 12.3 Å². The lowest BCUT2D eigenvalue weighted by molar-refractivity contribution is -0.126. The molecule has 1 aromatic heterocycles. The van der Waals surface area contributed by atoms with Gasteiger partial charge >= 0.3 is 0 Å². The molecule has 1 saturated carbocycles. The van der Waals surface area contributed by atoms with Crippen LogP contribution in [0.2, 0.25) is 0 Å². The molecule has 0 aliphatic heterocycles. The van der Waals surface area contributed by atoms with Crippen molar-refractivity contribution in [2.75, 3.05) is 6.26 Å². The number of ether oxygens (including phenoxy) is 1. The van der Waals surface area contributed by atoms with E-state index in [9.17, 15) is 14.4 Å². The minimum Gasteiger partial charge on any atom is -0.467 e. The number of hydrogen-bond donors (Lipinski definition) is 1. The van der Waals surface area contributed by atoms with Crippen LogP contribution in [0.15, 0.2) is 24.4 Å². The third-order valence-corrected chi connectivity index (χ3v) is 5.09. The molecule has 7 heteroatoms. The topological polar surface area (TPSA) is 75.0 Å². The summed E-state index contributed by atoms with van der Waals surface area (Å²) in [6.07, 6.45) is 10.6. The van der Waals surface area contributed by atoms with Crippen LogP contribution in [0.25, 0.3) is 10.9 Å². The fraction of sp³-hybridized carbons (Fsp3) is 0.316. The highest BCUT2D eigenvalue weighted by Gasteiger charge is 2.40. The molecule has 2 aromatic rings. The number of nitrogens with zero attached hydrogens (tertiary/aromatic N) is 2. The number of benzene rings is 1. The lowest BCUT2D eigenvalue weighted by atomic mass is 9.78. The first-order valence-electron chi connectivity index (χ1n) is 7.99. The quantitative estimate of drug-likeness (QED) is 0.648. The van der Waals surface area contributed by atoms with E-state index in [2.05, 4.69) is 22.3 Å². The fourth-order valence-corrected chi connectivity index (χ4v) is 3.19. The Kier molecular flexibility index (Phi) is 5.01. The van der Waals surface area contributed by atoms with Crippen molar-refractivity contribution in [2.24, 2.45) is 0 Å². The molecule has 132 valence electrons. The number of aromatic nitrogens is 1. The van der Waals surface area contributed by atoms with Crippen molar-refractivity contribution in [3.05, 3.63) is 35.8 Å². The monoisotopic (exact) mass is 369 g/mol. The van der Waals surface area contributed by atoms with Gasteiger partial charge in [-0.2, -0.15) is 5.26 Å². The van der Waals surface area contributed by atoms with Gasteiger partial charge in [0.1, 0.15) is 5.54 Å². The zero-order valence-electron chi connectivity index (χ0n) is 14.1. The Bertz CT molecular complexity index is 944. The molecule has 1 N–H and O–H groups in total. The number of thioether (sulfide) groups is 1. The van der Waals surface area contributed by atoms with Crippen LogP contribution in [-0.2, 0) is 4.79 Å². The third kappa shape index (κ3) is 3.44. The number of hydrogen-bond acceptors (Lipinski definition) is 5. The van der Waals surface area contributed by atoms with Crippen LogP contribution in [0.1, 0.15) is 24.8 Å². The molecule has 26 heavy (non-hydrogen) atoms. The minimum absolute atomic E-state index is 0.0670. The van der Waals surface area contributed by atoms with E-state index in [0.717, 1.165) is 18.2 Å². The molecule has 1 fully saturated rings. The van der Waals surface area contributed by atoms with Crippen molar-refractivity contribution >= 4 is 28.6 Å². The normalized spacial score (nSPS) is 16.0. The molecular formula is C19H16FN3O2S. The summed E-state index contributed by atoms with van der Waals surface area (Å²) in [4.78, 5) is 16.6. The zero-order chi connectivity index (χ0) is 18.7. The summed E-state index contributed by atoms with van der Waals surface area (Å²) in [6, 6.07) is 6.54. The van der Waals surface area contributed by atoms with E-state index in [-0.39, 0.29) is 5.75 Å². The Morgan fingerprint density at radius 3 is 2.85 bits per heavy atom. The molecular weight excluding hydrogens is 353 g/mol. The Labute approximate surface area is 154 Å². The van der Waals surface area contributed by atoms with Crippen molar-refractivity contribution in [3.63, 3.8) is 0 Å². The SMILES string of the molecule is C#Cc1cnc2cc(F)c(OC(SC)C(=O)NC3(C#N)CCC3)cc2c1. The lowest BCUT2D eigenvalue weighted by Gasteiger charge is -2.36. The van der Waals surface area contributed by atoms with E-state index in [1.807, 2.05) is 0 Å². The van der Waals surface area contributed by atoms with Crippen molar-refractivity contribution in [3.8, 4) is 24.2 Å². The first kappa shape index (κ1) is 18.0. The van der Waals surface area contributed by atoms with E-state index >= 15 is 0 Å². The number of nitrogens with one attached hydrogen (secondary N) is 1. The van der Waals surface area contributed by atoms with Crippen LogP contribution < -0.4 is 10.1 Å². The van der Waals surface area contributed by atoms with Crippen LogP contribution in [-0.4, -0.2) is 28.1 Å². The maximum absolute atomic E-state index is 14.3. The third-order valence-electron chi connectivity index (χ3n) is 4.35. The lowest BCUT2D eigenvalue weighted by Crippen LogP contribution is -2.55. The van der Waals surface area contributed by atoms with E-state index in [0.29, 0.717) is 29.3 Å². The van der Waals surface area contributed by atoms with Crippen molar-refractivity contribution < 1.29 is 13.9 Å². The Hall–Kier alpha value is -2.77. The molecule has 1 aliphatic rings. The minimum atomic E-state index is -0.975. The van der Waals surface area contributed by atoms with Gasteiger partial charge in [-0.1, -0.05) is 5.92 Å². The smallest absolute Gasteiger partial charge is 0.272 e. The van der Waals surface area contributed by atoms with Crippen molar-refractivity contribution in [2.45, 2.75) is 30.2 Å². The van der Waals surface area contributed by atoms with Crippen LogP contribution in [0.5, 0.6) is 5.75 Å². The molecule has 1 aliphatic carbocycles. The number of terminal acetylenes is 1. The van der Waals surface area contributed by atoms with Gasteiger partial charge in [-0.25, -0.2) is 4.39 Å². The number of nitriles is 1. The molecule has 0 saturated heterocycles. The number of carbonyl (C=O) groups is 1. The first-order valence-corrected chi connectivity index (χ1v) is 9.28. The number of rotatable bonds is 5. The van der Waals surface area contributed by atoms with E-state index in [1.165, 1.54) is 18.3 Å². The number of carbonyl (C=O) groups excluding carboxylic acids is 1. The standard InChI is InChI=1S/C19H16FN3O2S/c1-3-12-7-13-8-16(14(20)9-15(13)22-10-12)25-18(26-2)17(24)23-19(11-21)5-4-6-19/h1,7-10,18H,4-6H2,2H3,(H,23,24). The van der Waals surface area contributed by atoms with E-state index in [4.69, 9.17) is 11.2 Å². The number of pyridine rings is 1. The zero-order valence-corrected chi connectivity index (χ0v) is 14.9. The fourth-order valence-electron chi connectivity index (χ4n) is 2.71. The van der Waals surface area contributed by atoms with Gasteiger partial charge in [0.25, 0.3) is 5.91 Å². The molecule has 5 nitrogen and oxygen atoms in total. The summed E-state index contributed by atoms with van der Waals surface area (Å²) >= 11 is 1.12. The molecule has 0 radical (unpaired) electrons. The maximum atomic E-state index is 14.3. The van der Waals surface area contributed by atoms with Crippen molar-refractivity contribution in [1.29, 1.82) is 5.26 Å². The summed E-state index contributed by atoms with van der Waals surface area (Å²) in [5.41, 5.74) is -0.800. The van der Waals surface area contributed by atoms with Gasteiger partial charge in [0, 0.05) is 23.2 Å². The Morgan fingerprint density at radius 2 is 2.27 bits per heavy atom. The number of fused-ring (bicyclic) bond motifs is 1. The van der Waals surface area contributed by atoms with Crippen molar-refractivity contribution in [1.82, 2.24) is 10.3 Å². The van der Waals surface area contributed by atoms with Gasteiger partial charge in [-0.3, -0.25) is 9.78 Å². The highest BCUT2D eigenvalue weighted by Crippen LogP contribution is 2.32. The van der Waals surface area contributed by atoms with Crippen LogP contribution in [0, 0.1) is 29.5 Å². The average molecular weight is 369 g/mol. The highest BCUT2D eigenvalue weighted by molar-refractivity contribution is 7.99. The molecule has 1 aromatic carbocycles. The second-order valence-corrected chi connectivity index (χ2v) is 6.97. The molecule has 0 bridgehead atoms. The van der Waals surface area contributed by atoms with Crippen LogP contribution in [0.4, 0.5) is 4.39 Å².